The molecule has 0 atom stereocenters. The smallest absolute Gasteiger partial charge is 0.303 e. The molecular weight excluding hydrogens is 318 g/mol. The van der Waals surface area contributed by atoms with Crippen LogP contribution in [0.2, 0.25) is 0 Å². The van der Waals surface area contributed by atoms with E-state index in [1.807, 2.05) is 20.8 Å². The molecule has 0 amide bonds. The van der Waals surface area contributed by atoms with Crippen LogP contribution >= 0.6 is 0 Å². The fraction of sp³-hybridized carbons (Fsp3) is 0.500. The maximum absolute atomic E-state index is 12.1. The zero-order valence-corrected chi connectivity index (χ0v) is 14.4. The number of carbonyl (C=O) groups is 2. The molecule has 0 aliphatic rings. The summed E-state index contributed by atoms with van der Waals surface area (Å²) in [6, 6.07) is 6.53. The Morgan fingerprint density at radius 3 is 2.13 bits per heavy atom. The molecule has 6 nitrogen and oxygen atoms in total. The number of hydrogen-bond acceptors (Lipinski definition) is 4. The zero-order chi connectivity index (χ0) is 17.7. The number of carboxylic acid groups (broad SMARTS) is 1. The molecule has 0 aromatic heterocycles. The summed E-state index contributed by atoms with van der Waals surface area (Å²) in [5.41, 5.74) is 0.941. The first-order chi connectivity index (χ1) is 10.5. The van der Waals surface area contributed by atoms with E-state index in [0.29, 0.717) is 0 Å². The van der Waals surface area contributed by atoms with Crippen molar-refractivity contribution >= 4 is 21.8 Å². The Bertz CT molecular complexity index is 657. The molecule has 1 rings (SSSR count). The topological polar surface area (TPSA) is 101 Å². The van der Waals surface area contributed by atoms with Gasteiger partial charge in [0.05, 0.1) is 11.4 Å². The van der Waals surface area contributed by atoms with Crippen LogP contribution in [0.4, 0.5) is 0 Å². The van der Waals surface area contributed by atoms with Gasteiger partial charge in [-0.3, -0.25) is 9.59 Å². The van der Waals surface area contributed by atoms with Gasteiger partial charge in [-0.05, 0) is 29.5 Å². The van der Waals surface area contributed by atoms with Crippen LogP contribution in [-0.4, -0.2) is 31.8 Å². The summed E-state index contributed by atoms with van der Waals surface area (Å²) < 4.78 is 26.5. The molecule has 0 fully saturated rings. The molecule has 0 heterocycles. The van der Waals surface area contributed by atoms with Crippen molar-refractivity contribution < 1.29 is 23.1 Å². The lowest BCUT2D eigenvalue weighted by Gasteiger charge is -2.19. The van der Waals surface area contributed by atoms with E-state index in [-0.39, 0.29) is 41.9 Å². The van der Waals surface area contributed by atoms with Crippen LogP contribution < -0.4 is 4.72 Å². The highest BCUT2D eigenvalue weighted by molar-refractivity contribution is 7.89. The highest BCUT2D eigenvalue weighted by atomic mass is 32.2. The molecule has 1 aromatic rings. The van der Waals surface area contributed by atoms with Crippen molar-refractivity contribution in [2.45, 2.75) is 50.3 Å². The third-order valence-electron chi connectivity index (χ3n) is 3.34. The number of benzene rings is 1. The second-order valence-corrected chi connectivity index (χ2v) is 8.15. The third kappa shape index (κ3) is 6.50. The van der Waals surface area contributed by atoms with Crippen molar-refractivity contribution in [2.24, 2.45) is 0 Å². The fourth-order valence-electron chi connectivity index (χ4n) is 1.92. The summed E-state index contributed by atoms with van der Waals surface area (Å²) in [7, 11) is -3.75. The van der Waals surface area contributed by atoms with Gasteiger partial charge < -0.3 is 5.11 Å². The fourth-order valence-corrected chi connectivity index (χ4v) is 2.93. The Hall–Kier alpha value is -1.73. The summed E-state index contributed by atoms with van der Waals surface area (Å²) in [5.74, 6) is -1.31. The Morgan fingerprint density at radius 2 is 1.65 bits per heavy atom. The molecule has 0 saturated heterocycles. The van der Waals surface area contributed by atoms with Gasteiger partial charge >= 0.3 is 5.97 Å². The van der Waals surface area contributed by atoms with E-state index in [9.17, 15) is 18.0 Å². The molecule has 0 radical (unpaired) electrons. The van der Waals surface area contributed by atoms with E-state index in [1.54, 1.807) is 12.1 Å². The van der Waals surface area contributed by atoms with E-state index in [1.165, 1.54) is 12.1 Å². The molecule has 128 valence electrons. The minimum atomic E-state index is -3.75. The van der Waals surface area contributed by atoms with Gasteiger partial charge in [-0.15, -0.1) is 0 Å². The van der Waals surface area contributed by atoms with Gasteiger partial charge in [-0.25, -0.2) is 13.1 Å². The number of rotatable bonds is 8. The number of Topliss-reactive ketones (excluding diaryl/α,β-unsaturated/α-hetero) is 1. The van der Waals surface area contributed by atoms with Gasteiger partial charge in [-0.2, -0.15) is 0 Å². The lowest BCUT2D eigenvalue weighted by Crippen LogP contribution is -2.29. The Kier molecular flexibility index (Phi) is 6.47. The van der Waals surface area contributed by atoms with Crippen LogP contribution in [0.25, 0.3) is 0 Å². The molecule has 0 bridgehead atoms. The van der Waals surface area contributed by atoms with E-state index in [4.69, 9.17) is 5.11 Å². The quantitative estimate of drug-likeness (QED) is 0.754. The first-order valence-electron chi connectivity index (χ1n) is 7.36. The number of nitrogens with one attached hydrogen (secondary N) is 1. The summed E-state index contributed by atoms with van der Waals surface area (Å²) >= 11 is 0. The number of ketones is 1. The molecule has 0 saturated carbocycles. The normalized spacial score (nSPS) is 12.1. The number of aliphatic carboxylic acids is 1. The minimum absolute atomic E-state index is 0.0395. The van der Waals surface area contributed by atoms with Gasteiger partial charge in [0, 0.05) is 12.8 Å². The largest absolute Gasteiger partial charge is 0.481 e. The summed E-state index contributed by atoms with van der Waals surface area (Å²) in [4.78, 5) is 22.0. The number of carbonyl (C=O) groups excluding carboxylic acids is 1. The SMILES string of the molecule is CC(C)(C)c1ccc(S(=O)(=O)NCC(=O)CCCC(=O)O)cc1. The van der Waals surface area contributed by atoms with Crippen molar-refractivity contribution in [3.8, 4) is 0 Å². The second kappa shape index (κ2) is 7.70. The molecule has 2 N–H and O–H groups in total. The van der Waals surface area contributed by atoms with E-state index in [0.717, 1.165) is 5.56 Å². The standard InChI is InChI=1S/C16H23NO5S/c1-16(2,3)12-7-9-14(10-8-12)23(21,22)17-11-13(18)5-4-6-15(19)20/h7-10,17H,4-6,11H2,1-3H3,(H,19,20). The Morgan fingerprint density at radius 1 is 1.09 bits per heavy atom. The zero-order valence-electron chi connectivity index (χ0n) is 13.6. The predicted molar refractivity (Wildman–Crippen MR) is 86.8 cm³/mol. The van der Waals surface area contributed by atoms with E-state index < -0.39 is 16.0 Å². The summed E-state index contributed by atoms with van der Waals surface area (Å²) in [6.45, 7) is 5.77. The molecule has 1 aromatic carbocycles. The van der Waals surface area contributed by atoms with Crippen molar-refractivity contribution in [3.63, 3.8) is 0 Å². The molecule has 0 unspecified atom stereocenters. The maximum atomic E-state index is 12.1. The molecule has 0 aliphatic heterocycles. The Balaban J connectivity index is 2.62. The third-order valence-corrected chi connectivity index (χ3v) is 4.75. The lowest BCUT2D eigenvalue weighted by atomic mass is 9.87. The molecule has 23 heavy (non-hydrogen) atoms. The second-order valence-electron chi connectivity index (χ2n) is 6.38. The highest BCUT2D eigenvalue weighted by Gasteiger charge is 2.18. The Labute approximate surface area is 137 Å². The average Bonchev–Trinajstić information content (AvgIpc) is 2.44. The molecular formula is C16H23NO5S. The average molecular weight is 341 g/mol. The monoisotopic (exact) mass is 341 g/mol. The van der Waals surface area contributed by atoms with Gasteiger partial charge in [0.2, 0.25) is 10.0 Å². The minimum Gasteiger partial charge on any atom is -0.481 e. The van der Waals surface area contributed by atoms with Gasteiger partial charge in [0.15, 0.2) is 0 Å². The van der Waals surface area contributed by atoms with Crippen LogP contribution in [0, 0.1) is 0 Å². The lowest BCUT2D eigenvalue weighted by molar-refractivity contribution is -0.137. The van der Waals surface area contributed by atoms with E-state index in [2.05, 4.69) is 4.72 Å². The van der Waals surface area contributed by atoms with Gasteiger partial charge in [0.1, 0.15) is 5.78 Å². The summed E-state index contributed by atoms with van der Waals surface area (Å²) in [6.07, 6.45) is 0.140. The molecule has 7 heteroatoms. The maximum Gasteiger partial charge on any atom is 0.303 e. The summed E-state index contributed by atoms with van der Waals surface area (Å²) in [5, 5.41) is 8.49. The van der Waals surface area contributed by atoms with E-state index >= 15 is 0 Å². The van der Waals surface area contributed by atoms with Crippen LogP contribution in [0.5, 0.6) is 0 Å². The highest BCUT2D eigenvalue weighted by Crippen LogP contribution is 2.23. The molecule has 0 spiro atoms. The van der Waals surface area contributed by atoms with Crippen molar-refractivity contribution in [2.75, 3.05) is 6.54 Å². The first-order valence-corrected chi connectivity index (χ1v) is 8.84. The van der Waals surface area contributed by atoms with Crippen LogP contribution in [0.1, 0.15) is 45.6 Å². The van der Waals surface area contributed by atoms with Crippen molar-refractivity contribution in [1.29, 1.82) is 0 Å². The number of carboxylic acids is 1. The van der Waals surface area contributed by atoms with Gasteiger partial charge in [-0.1, -0.05) is 32.9 Å². The first kappa shape index (κ1) is 19.3. The van der Waals surface area contributed by atoms with Crippen molar-refractivity contribution in [3.05, 3.63) is 29.8 Å². The predicted octanol–water partition coefficient (Wildman–Crippen LogP) is 2.09. The molecule has 0 aliphatic carbocycles. The number of hydrogen-bond donors (Lipinski definition) is 2. The van der Waals surface area contributed by atoms with Crippen LogP contribution in [0.3, 0.4) is 0 Å². The van der Waals surface area contributed by atoms with Crippen molar-refractivity contribution in [1.82, 2.24) is 4.72 Å². The van der Waals surface area contributed by atoms with Crippen LogP contribution in [-0.2, 0) is 25.0 Å². The van der Waals surface area contributed by atoms with Gasteiger partial charge in [0.25, 0.3) is 0 Å². The van der Waals surface area contributed by atoms with Crippen LogP contribution in [0.15, 0.2) is 29.2 Å². The number of sulfonamides is 1.